The van der Waals surface area contributed by atoms with Gasteiger partial charge in [0.15, 0.2) is 10.9 Å². The summed E-state index contributed by atoms with van der Waals surface area (Å²) < 4.78 is 5.52. The lowest BCUT2D eigenvalue weighted by Gasteiger charge is -2.11. The molecule has 2 N–H and O–H groups in total. The maximum absolute atomic E-state index is 12.3. The molecule has 130 valence electrons. The number of nitrogens with one attached hydrogen (secondary N) is 2. The minimum absolute atomic E-state index is 0.00685. The predicted molar refractivity (Wildman–Crippen MR) is 102 cm³/mol. The summed E-state index contributed by atoms with van der Waals surface area (Å²) in [5.41, 5.74) is 1.77. The summed E-state index contributed by atoms with van der Waals surface area (Å²) in [6.45, 7) is 4.12. The number of hydrogen-bond acceptors (Lipinski definition) is 4. The number of Topliss-reactive ketones (excluding diaryl/α,β-unsaturated/α-hetero) is 1. The van der Waals surface area contributed by atoms with Crippen molar-refractivity contribution >= 4 is 34.7 Å². The van der Waals surface area contributed by atoms with Gasteiger partial charge < -0.3 is 10.1 Å². The van der Waals surface area contributed by atoms with Crippen molar-refractivity contribution in [1.82, 2.24) is 5.32 Å². The molecule has 0 aromatic heterocycles. The first-order valence-corrected chi connectivity index (χ1v) is 8.36. The molecule has 0 atom stereocenters. The molecule has 0 spiro atoms. The Morgan fingerprint density at radius 1 is 1.08 bits per heavy atom. The number of benzene rings is 2. The molecule has 1 amide bonds. The van der Waals surface area contributed by atoms with Crippen molar-refractivity contribution < 1.29 is 14.3 Å². The van der Waals surface area contributed by atoms with E-state index >= 15 is 0 Å². The largest absolute Gasteiger partial charge is 0.494 e. The molecule has 0 heterocycles. The lowest BCUT2D eigenvalue weighted by atomic mass is 10.1. The Hall–Kier alpha value is -2.73. The molecule has 5 nitrogen and oxygen atoms in total. The van der Waals surface area contributed by atoms with Crippen LogP contribution in [0.15, 0.2) is 48.5 Å². The minimum atomic E-state index is -0.320. The number of thiocarbonyl (C=S) groups is 1. The number of ketones is 1. The third-order valence-electron chi connectivity index (χ3n) is 3.35. The van der Waals surface area contributed by atoms with Gasteiger partial charge in [0, 0.05) is 16.8 Å². The molecule has 0 aliphatic heterocycles. The van der Waals surface area contributed by atoms with E-state index in [2.05, 4.69) is 10.6 Å². The van der Waals surface area contributed by atoms with Crippen LogP contribution in [0.2, 0.25) is 0 Å². The van der Waals surface area contributed by atoms with Crippen LogP contribution >= 0.6 is 12.2 Å². The molecular weight excluding hydrogens is 336 g/mol. The maximum atomic E-state index is 12.3. The number of carbonyl (C=O) groups excluding carboxylic acids is 2. The Morgan fingerprint density at radius 2 is 1.80 bits per heavy atom. The molecule has 0 saturated heterocycles. The van der Waals surface area contributed by atoms with E-state index in [-0.39, 0.29) is 16.8 Å². The number of ether oxygens (including phenoxy) is 1. The number of carbonyl (C=O) groups is 2. The second kappa shape index (κ2) is 8.94. The Morgan fingerprint density at radius 3 is 2.44 bits per heavy atom. The zero-order chi connectivity index (χ0) is 18.2. The van der Waals surface area contributed by atoms with Gasteiger partial charge in [-0.3, -0.25) is 14.9 Å². The van der Waals surface area contributed by atoms with Gasteiger partial charge in [0.25, 0.3) is 5.91 Å². The van der Waals surface area contributed by atoms with E-state index in [0.29, 0.717) is 29.2 Å². The molecule has 6 heteroatoms. The molecule has 2 aromatic carbocycles. The van der Waals surface area contributed by atoms with E-state index in [1.807, 2.05) is 6.92 Å². The van der Waals surface area contributed by atoms with Crippen LogP contribution in [0.5, 0.6) is 5.75 Å². The standard InChI is InChI=1S/C19H20N2O3S/c1-3-11-24-17-6-4-5-15(12-17)18(23)21-19(25)20-16-9-7-14(8-10-16)13(2)22/h4-10,12H,3,11H2,1-2H3,(H2,20,21,23,25). The molecular formula is C19H20N2O3S. The Labute approximate surface area is 152 Å². The van der Waals surface area contributed by atoms with Crippen molar-refractivity contribution in [3.63, 3.8) is 0 Å². The van der Waals surface area contributed by atoms with Gasteiger partial charge >= 0.3 is 0 Å². The van der Waals surface area contributed by atoms with Crippen molar-refractivity contribution in [2.24, 2.45) is 0 Å². The average Bonchev–Trinajstić information content (AvgIpc) is 2.60. The van der Waals surface area contributed by atoms with Gasteiger partial charge in [-0.05, 0) is 68.0 Å². The van der Waals surface area contributed by atoms with Crippen LogP contribution < -0.4 is 15.4 Å². The average molecular weight is 356 g/mol. The molecule has 0 aliphatic rings. The zero-order valence-electron chi connectivity index (χ0n) is 14.2. The Balaban J connectivity index is 1.95. The summed E-state index contributed by atoms with van der Waals surface area (Å²) in [5.74, 6) is 0.320. The van der Waals surface area contributed by atoms with Crippen molar-refractivity contribution in [2.75, 3.05) is 11.9 Å². The molecule has 2 rings (SSSR count). The highest BCUT2D eigenvalue weighted by Crippen LogP contribution is 2.14. The highest BCUT2D eigenvalue weighted by Gasteiger charge is 2.09. The van der Waals surface area contributed by atoms with Crippen LogP contribution in [-0.2, 0) is 0 Å². The number of anilines is 1. The molecule has 0 fully saturated rings. The number of hydrogen-bond donors (Lipinski definition) is 2. The Kier molecular flexibility index (Phi) is 6.65. The summed E-state index contributed by atoms with van der Waals surface area (Å²) in [7, 11) is 0. The van der Waals surface area contributed by atoms with E-state index in [1.165, 1.54) is 6.92 Å². The minimum Gasteiger partial charge on any atom is -0.494 e. The van der Waals surface area contributed by atoms with Gasteiger partial charge in [-0.2, -0.15) is 0 Å². The summed E-state index contributed by atoms with van der Waals surface area (Å²) in [6.07, 6.45) is 0.896. The first-order valence-electron chi connectivity index (χ1n) is 7.96. The lowest BCUT2D eigenvalue weighted by molar-refractivity contribution is 0.0975. The second-order valence-electron chi connectivity index (χ2n) is 5.42. The van der Waals surface area contributed by atoms with Crippen LogP contribution in [0.3, 0.4) is 0 Å². The second-order valence-corrected chi connectivity index (χ2v) is 5.83. The van der Waals surface area contributed by atoms with E-state index in [9.17, 15) is 9.59 Å². The van der Waals surface area contributed by atoms with Gasteiger partial charge in [0.2, 0.25) is 0 Å². The fourth-order valence-electron chi connectivity index (χ4n) is 2.07. The molecule has 0 aliphatic carbocycles. The van der Waals surface area contributed by atoms with Crippen LogP contribution in [0.1, 0.15) is 41.0 Å². The molecule has 0 bridgehead atoms. The third-order valence-corrected chi connectivity index (χ3v) is 3.55. The van der Waals surface area contributed by atoms with Gasteiger partial charge in [-0.25, -0.2) is 0 Å². The summed E-state index contributed by atoms with van der Waals surface area (Å²) in [6, 6.07) is 13.8. The number of amides is 1. The van der Waals surface area contributed by atoms with Crippen LogP contribution in [0, 0.1) is 0 Å². The number of rotatable bonds is 6. The normalized spacial score (nSPS) is 10.0. The molecule has 0 saturated carbocycles. The monoisotopic (exact) mass is 356 g/mol. The van der Waals surface area contributed by atoms with Crippen LogP contribution in [-0.4, -0.2) is 23.4 Å². The summed E-state index contributed by atoms with van der Waals surface area (Å²) in [5, 5.41) is 5.72. The van der Waals surface area contributed by atoms with Gasteiger partial charge in [0.05, 0.1) is 6.61 Å². The molecule has 0 radical (unpaired) electrons. The molecule has 2 aromatic rings. The Bertz CT molecular complexity index is 772. The van der Waals surface area contributed by atoms with Gasteiger partial charge in [0.1, 0.15) is 5.75 Å². The fourth-order valence-corrected chi connectivity index (χ4v) is 2.28. The molecule has 25 heavy (non-hydrogen) atoms. The highest BCUT2D eigenvalue weighted by atomic mass is 32.1. The summed E-state index contributed by atoms with van der Waals surface area (Å²) in [4.78, 5) is 23.5. The van der Waals surface area contributed by atoms with Gasteiger partial charge in [-0.15, -0.1) is 0 Å². The smallest absolute Gasteiger partial charge is 0.257 e. The van der Waals surface area contributed by atoms with Crippen molar-refractivity contribution in [1.29, 1.82) is 0 Å². The quantitative estimate of drug-likeness (QED) is 0.609. The van der Waals surface area contributed by atoms with Crippen molar-refractivity contribution in [3.8, 4) is 5.75 Å². The SMILES string of the molecule is CCCOc1cccc(C(=O)NC(=S)Nc2ccc(C(C)=O)cc2)c1. The van der Waals surface area contributed by atoms with Crippen molar-refractivity contribution in [2.45, 2.75) is 20.3 Å². The van der Waals surface area contributed by atoms with Gasteiger partial charge in [-0.1, -0.05) is 13.0 Å². The van der Waals surface area contributed by atoms with E-state index in [1.54, 1.807) is 48.5 Å². The fraction of sp³-hybridized carbons (Fsp3) is 0.211. The van der Waals surface area contributed by atoms with Crippen LogP contribution in [0.4, 0.5) is 5.69 Å². The van der Waals surface area contributed by atoms with E-state index in [0.717, 1.165) is 6.42 Å². The highest BCUT2D eigenvalue weighted by molar-refractivity contribution is 7.80. The molecule has 0 unspecified atom stereocenters. The van der Waals surface area contributed by atoms with Crippen LogP contribution in [0.25, 0.3) is 0 Å². The van der Waals surface area contributed by atoms with E-state index in [4.69, 9.17) is 17.0 Å². The van der Waals surface area contributed by atoms with E-state index < -0.39 is 0 Å². The topological polar surface area (TPSA) is 67.4 Å². The summed E-state index contributed by atoms with van der Waals surface area (Å²) >= 11 is 5.16. The van der Waals surface area contributed by atoms with Crippen molar-refractivity contribution in [3.05, 3.63) is 59.7 Å². The maximum Gasteiger partial charge on any atom is 0.257 e. The first-order chi connectivity index (χ1) is 12.0. The lowest BCUT2D eigenvalue weighted by Crippen LogP contribution is -2.34. The first kappa shape index (κ1) is 18.6. The zero-order valence-corrected chi connectivity index (χ0v) is 15.0. The third kappa shape index (κ3) is 5.69. The predicted octanol–water partition coefficient (Wildman–Crippen LogP) is 3.80.